The fourth-order valence-corrected chi connectivity index (χ4v) is 3.09. The van der Waals surface area contributed by atoms with E-state index in [1.165, 1.54) is 0 Å². The van der Waals surface area contributed by atoms with Crippen LogP contribution in [0.15, 0.2) is 65.1 Å². The molecule has 0 unspecified atom stereocenters. The molecule has 4 nitrogen and oxygen atoms in total. The van der Waals surface area contributed by atoms with Crippen LogP contribution in [0.1, 0.15) is 15.9 Å². The van der Waals surface area contributed by atoms with Gasteiger partial charge in [0.05, 0.1) is 17.0 Å². The molecule has 0 atom stereocenters. The summed E-state index contributed by atoms with van der Waals surface area (Å²) in [6.45, 7) is 0. The van der Waals surface area contributed by atoms with Gasteiger partial charge in [0, 0.05) is 4.47 Å². The maximum Gasteiger partial charge on any atom is 0.271 e. The predicted molar refractivity (Wildman–Crippen MR) is 102 cm³/mol. The zero-order chi connectivity index (χ0) is 17.8. The Balaban J connectivity index is 1.66. The van der Waals surface area contributed by atoms with Gasteiger partial charge in [-0.2, -0.15) is 0 Å². The average Bonchev–Trinajstić information content (AvgIpc) is 2.62. The van der Waals surface area contributed by atoms with Gasteiger partial charge < -0.3 is 0 Å². The minimum Gasteiger partial charge on any atom is -0.273 e. The molecule has 3 rings (SSSR count). The SMILES string of the molecule is O=C(Cc1cccc2ccccc12)NNC(=O)c1cc(Br)ccc1Cl. The normalized spacial score (nSPS) is 10.5. The predicted octanol–water partition coefficient (Wildman–Crippen LogP) is 4.26. The van der Waals surface area contributed by atoms with Crippen molar-refractivity contribution in [1.82, 2.24) is 10.9 Å². The average molecular weight is 418 g/mol. The molecular weight excluding hydrogens is 404 g/mol. The van der Waals surface area contributed by atoms with E-state index in [1.807, 2.05) is 42.5 Å². The lowest BCUT2D eigenvalue weighted by molar-refractivity contribution is -0.121. The summed E-state index contributed by atoms with van der Waals surface area (Å²) in [5.74, 6) is -0.784. The maximum atomic E-state index is 12.2. The molecule has 2 amide bonds. The highest BCUT2D eigenvalue weighted by Crippen LogP contribution is 2.21. The highest BCUT2D eigenvalue weighted by molar-refractivity contribution is 9.10. The number of halogens is 2. The Morgan fingerprint density at radius 1 is 0.960 bits per heavy atom. The van der Waals surface area contributed by atoms with E-state index in [-0.39, 0.29) is 17.9 Å². The van der Waals surface area contributed by atoms with Gasteiger partial charge in [-0.15, -0.1) is 0 Å². The molecule has 0 heterocycles. The standard InChI is InChI=1S/C19H14BrClN2O2/c20-14-8-9-17(21)16(11-14)19(25)23-22-18(24)10-13-6-3-5-12-4-1-2-7-15(12)13/h1-9,11H,10H2,(H,22,24)(H,23,25). The third kappa shape index (κ3) is 4.18. The van der Waals surface area contributed by atoms with Crippen LogP contribution < -0.4 is 10.9 Å². The topological polar surface area (TPSA) is 58.2 Å². The van der Waals surface area contributed by atoms with Gasteiger partial charge in [0.25, 0.3) is 5.91 Å². The maximum absolute atomic E-state index is 12.2. The van der Waals surface area contributed by atoms with Crippen molar-refractivity contribution in [3.05, 3.63) is 81.3 Å². The van der Waals surface area contributed by atoms with Gasteiger partial charge in [0.2, 0.25) is 5.91 Å². The fraction of sp³-hybridized carbons (Fsp3) is 0.0526. The van der Waals surface area contributed by atoms with Crippen LogP contribution in [-0.4, -0.2) is 11.8 Å². The number of hydrazine groups is 1. The van der Waals surface area contributed by atoms with E-state index in [2.05, 4.69) is 26.8 Å². The molecular formula is C19H14BrClN2O2. The van der Waals surface area contributed by atoms with Crippen LogP contribution in [0.2, 0.25) is 5.02 Å². The summed E-state index contributed by atoms with van der Waals surface area (Å²) < 4.78 is 0.726. The van der Waals surface area contributed by atoms with E-state index >= 15 is 0 Å². The van der Waals surface area contributed by atoms with Crippen LogP contribution in [0.4, 0.5) is 0 Å². The first kappa shape index (κ1) is 17.5. The molecule has 3 aromatic carbocycles. The first-order valence-corrected chi connectivity index (χ1v) is 8.72. The van der Waals surface area contributed by atoms with E-state index < -0.39 is 5.91 Å². The molecule has 0 saturated heterocycles. The minimum atomic E-state index is -0.474. The van der Waals surface area contributed by atoms with Crippen molar-refractivity contribution in [3.63, 3.8) is 0 Å². The lowest BCUT2D eigenvalue weighted by Gasteiger charge is -2.10. The lowest BCUT2D eigenvalue weighted by Crippen LogP contribution is -2.42. The summed E-state index contributed by atoms with van der Waals surface area (Å²) in [5, 5.41) is 2.39. The van der Waals surface area contributed by atoms with E-state index in [0.717, 1.165) is 20.8 Å². The zero-order valence-corrected chi connectivity index (χ0v) is 15.4. The Morgan fingerprint density at radius 2 is 1.72 bits per heavy atom. The van der Waals surface area contributed by atoms with Crippen molar-refractivity contribution in [1.29, 1.82) is 0 Å². The zero-order valence-electron chi connectivity index (χ0n) is 13.1. The number of carbonyl (C=O) groups excluding carboxylic acids is 2. The summed E-state index contributed by atoms with van der Waals surface area (Å²) in [5.41, 5.74) is 5.99. The molecule has 6 heteroatoms. The van der Waals surface area contributed by atoms with Crippen molar-refractivity contribution < 1.29 is 9.59 Å². The van der Waals surface area contributed by atoms with Crippen LogP contribution in [-0.2, 0) is 11.2 Å². The third-order valence-electron chi connectivity index (χ3n) is 3.72. The van der Waals surface area contributed by atoms with Gasteiger partial charge in [0.15, 0.2) is 0 Å². The number of benzene rings is 3. The number of hydrogen-bond acceptors (Lipinski definition) is 2. The molecule has 0 aromatic heterocycles. The molecule has 2 N–H and O–H groups in total. The summed E-state index contributed by atoms with van der Waals surface area (Å²) in [4.78, 5) is 24.3. The van der Waals surface area contributed by atoms with Gasteiger partial charge in [-0.3, -0.25) is 20.4 Å². The van der Waals surface area contributed by atoms with Gasteiger partial charge >= 0.3 is 0 Å². The molecule has 0 fully saturated rings. The number of amides is 2. The van der Waals surface area contributed by atoms with Crippen LogP contribution in [0, 0.1) is 0 Å². The lowest BCUT2D eigenvalue weighted by atomic mass is 10.0. The Bertz CT molecular complexity index is 954. The molecule has 3 aromatic rings. The first-order chi connectivity index (χ1) is 12.0. The Morgan fingerprint density at radius 3 is 2.56 bits per heavy atom. The monoisotopic (exact) mass is 416 g/mol. The van der Waals surface area contributed by atoms with Gasteiger partial charge in [0.1, 0.15) is 0 Å². The van der Waals surface area contributed by atoms with Crippen LogP contribution >= 0.6 is 27.5 Å². The number of fused-ring (bicyclic) bond motifs is 1. The molecule has 0 aliphatic carbocycles. The van der Waals surface area contributed by atoms with E-state index in [9.17, 15) is 9.59 Å². The number of carbonyl (C=O) groups is 2. The van der Waals surface area contributed by atoms with E-state index in [0.29, 0.717) is 5.02 Å². The number of rotatable bonds is 3. The third-order valence-corrected chi connectivity index (χ3v) is 4.54. The highest BCUT2D eigenvalue weighted by atomic mass is 79.9. The molecule has 0 saturated carbocycles. The fourth-order valence-electron chi connectivity index (χ4n) is 2.53. The second-order valence-electron chi connectivity index (χ2n) is 5.44. The van der Waals surface area contributed by atoms with E-state index in [1.54, 1.807) is 18.2 Å². The van der Waals surface area contributed by atoms with Gasteiger partial charge in [-0.1, -0.05) is 70.0 Å². The van der Waals surface area contributed by atoms with Crippen molar-refractivity contribution >= 4 is 50.1 Å². The molecule has 0 spiro atoms. The molecule has 0 radical (unpaired) electrons. The summed E-state index contributed by atoms with van der Waals surface area (Å²) in [6.07, 6.45) is 0.161. The quantitative estimate of drug-likeness (QED) is 0.626. The molecule has 126 valence electrons. The van der Waals surface area contributed by atoms with Gasteiger partial charge in [-0.05, 0) is 34.5 Å². The molecule has 0 aliphatic rings. The first-order valence-electron chi connectivity index (χ1n) is 7.55. The van der Waals surface area contributed by atoms with Crippen molar-refractivity contribution in [2.24, 2.45) is 0 Å². The summed E-state index contributed by atoms with van der Waals surface area (Å²) in [7, 11) is 0. The number of hydrogen-bond donors (Lipinski definition) is 2. The van der Waals surface area contributed by atoms with Gasteiger partial charge in [-0.25, -0.2) is 0 Å². The van der Waals surface area contributed by atoms with Crippen LogP contribution in [0.3, 0.4) is 0 Å². The smallest absolute Gasteiger partial charge is 0.271 e. The largest absolute Gasteiger partial charge is 0.273 e. The Hall–Kier alpha value is -2.37. The molecule has 25 heavy (non-hydrogen) atoms. The minimum absolute atomic E-state index is 0.161. The number of nitrogens with one attached hydrogen (secondary N) is 2. The second-order valence-corrected chi connectivity index (χ2v) is 6.76. The van der Waals surface area contributed by atoms with Crippen molar-refractivity contribution in [3.8, 4) is 0 Å². The summed E-state index contributed by atoms with van der Waals surface area (Å²) in [6, 6.07) is 18.6. The molecule has 0 bridgehead atoms. The van der Waals surface area contributed by atoms with Crippen molar-refractivity contribution in [2.75, 3.05) is 0 Å². The Labute approximate surface area is 158 Å². The Kier molecular flexibility index (Phi) is 5.36. The van der Waals surface area contributed by atoms with E-state index in [4.69, 9.17) is 11.6 Å². The molecule has 0 aliphatic heterocycles. The van der Waals surface area contributed by atoms with Crippen LogP contribution in [0.5, 0.6) is 0 Å². The van der Waals surface area contributed by atoms with Crippen LogP contribution in [0.25, 0.3) is 10.8 Å². The van der Waals surface area contributed by atoms with Crippen molar-refractivity contribution in [2.45, 2.75) is 6.42 Å². The highest BCUT2D eigenvalue weighted by Gasteiger charge is 2.12. The summed E-state index contributed by atoms with van der Waals surface area (Å²) >= 11 is 9.29. The second kappa shape index (κ2) is 7.68.